The Kier molecular flexibility index (Phi) is 4.23. The molecule has 3 nitrogen and oxygen atoms in total. The summed E-state index contributed by atoms with van der Waals surface area (Å²) < 4.78 is 65.1. The van der Waals surface area contributed by atoms with E-state index in [-0.39, 0.29) is 0 Å². The predicted molar refractivity (Wildman–Crippen MR) is 78.6 cm³/mol. The zero-order chi connectivity index (χ0) is 17.0. The van der Waals surface area contributed by atoms with Crippen LogP contribution in [0.4, 0.5) is 17.6 Å². The van der Waals surface area contributed by atoms with Crippen LogP contribution in [-0.2, 0) is 16.5 Å². The van der Waals surface area contributed by atoms with Gasteiger partial charge in [0.2, 0.25) is 0 Å². The van der Waals surface area contributed by atoms with E-state index in [1.54, 1.807) is 20.8 Å². The van der Waals surface area contributed by atoms with Gasteiger partial charge in [0, 0.05) is 0 Å². The van der Waals surface area contributed by atoms with Crippen LogP contribution in [-0.4, -0.2) is 5.97 Å². The van der Waals surface area contributed by atoms with Gasteiger partial charge < -0.3 is 0 Å². The first kappa shape index (κ1) is 17.5. The quantitative estimate of drug-likeness (QED) is 0.281. The van der Waals surface area contributed by atoms with E-state index >= 15 is 0 Å². The number of carbonyl (C=O) groups is 1. The maximum atomic E-state index is 14.1. The molecule has 0 radical (unpaired) electrons. The molecule has 0 aromatic heterocycles. The van der Waals surface area contributed by atoms with Crippen LogP contribution < -0.4 is 0 Å². The summed E-state index contributed by atoms with van der Waals surface area (Å²) in [6.07, 6.45) is 0. The van der Waals surface area contributed by atoms with Crippen molar-refractivity contribution in [3.05, 3.63) is 32.4 Å². The molecular formula is C14H15F4IO3. The molecule has 1 aromatic rings. The van der Waals surface area contributed by atoms with Crippen LogP contribution in [0.5, 0.6) is 0 Å². The predicted octanol–water partition coefficient (Wildman–Crippen LogP) is 4.60. The molecule has 0 spiro atoms. The Bertz CT molecular complexity index is 653. The Labute approximate surface area is 133 Å². The third kappa shape index (κ3) is 2.70. The van der Waals surface area contributed by atoms with Gasteiger partial charge in [-0.3, -0.25) is 0 Å². The Morgan fingerprint density at radius 2 is 1.55 bits per heavy atom. The van der Waals surface area contributed by atoms with Crippen molar-refractivity contribution in [2.75, 3.05) is 0 Å². The summed E-state index contributed by atoms with van der Waals surface area (Å²) in [5.41, 5.74) is -2.71. The molecule has 1 aliphatic rings. The van der Waals surface area contributed by atoms with E-state index in [0.29, 0.717) is 0 Å². The van der Waals surface area contributed by atoms with Gasteiger partial charge in [-0.25, -0.2) is 0 Å². The minimum absolute atomic E-state index is 0.421. The number of fused-ring (bicyclic) bond motifs is 1. The van der Waals surface area contributed by atoms with E-state index in [1.807, 2.05) is 0 Å². The van der Waals surface area contributed by atoms with Crippen molar-refractivity contribution in [2.24, 2.45) is 5.41 Å². The standard InChI is InChI=1S/C14H15F4IO3/c1-13(2,3)12(20)21-19-11-6(14(4,5)22-19)7(15)8(16)9(17)10(11)18/h1-5H3. The van der Waals surface area contributed by atoms with Gasteiger partial charge in [-0.1, -0.05) is 0 Å². The minimum atomic E-state index is -3.45. The Balaban J connectivity index is 2.57. The summed E-state index contributed by atoms with van der Waals surface area (Å²) in [6.45, 7) is 7.50. The van der Waals surface area contributed by atoms with E-state index in [2.05, 4.69) is 0 Å². The summed E-state index contributed by atoms with van der Waals surface area (Å²) in [7, 11) is 0. The van der Waals surface area contributed by atoms with Gasteiger partial charge in [0.1, 0.15) is 0 Å². The van der Waals surface area contributed by atoms with Crippen molar-refractivity contribution in [1.29, 1.82) is 0 Å². The number of carbonyl (C=O) groups excluding carboxylic acids is 1. The molecule has 1 aliphatic heterocycles. The number of benzene rings is 1. The molecule has 0 saturated carbocycles. The number of hydrogen-bond acceptors (Lipinski definition) is 3. The summed E-state index contributed by atoms with van der Waals surface area (Å²) in [6, 6.07) is 0. The molecule has 2 rings (SSSR count). The fourth-order valence-corrected chi connectivity index (χ4v) is 6.49. The van der Waals surface area contributed by atoms with E-state index < -0.39 is 70.0 Å². The number of hydrogen-bond donors (Lipinski definition) is 0. The second-order valence-electron chi connectivity index (χ2n) is 6.36. The van der Waals surface area contributed by atoms with Crippen molar-refractivity contribution >= 4 is 26.6 Å². The summed E-state index contributed by atoms with van der Waals surface area (Å²) in [5.74, 6) is -7.55. The molecule has 1 aromatic carbocycles. The maximum absolute atomic E-state index is 14.1. The van der Waals surface area contributed by atoms with Crippen LogP contribution in [0.1, 0.15) is 40.2 Å². The molecule has 0 atom stereocenters. The fourth-order valence-electron chi connectivity index (χ4n) is 1.76. The van der Waals surface area contributed by atoms with Crippen LogP contribution >= 0.6 is 20.6 Å². The van der Waals surface area contributed by atoms with Crippen molar-refractivity contribution in [1.82, 2.24) is 0 Å². The van der Waals surface area contributed by atoms with Crippen LogP contribution in [0, 0.1) is 32.3 Å². The summed E-state index contributed by atoms with van der Waals surface area (Å²) >= 11 is -3.45. The van der Waals surface area contributed by atoms with Gasteiger partial charge >= 0.3 is 133 Å². The summed E-state index contributed by atoms with van der Waals surface area (Å²) in [5, 5.41) is 0. The average Bonchev–Trinajstić information content (AvgIpc) is 2.63. The van der Waals surface area contributed by atoms with E-state index in [4.69, 9.17) is 6.13 Å². The van der Waals surface area contributed by atoms with Gasteiger partial charge in [0.15, 0.2) is 0 Å². The van der Waals surface area contributed by atoms with Crippen LogP contribution in [0.25, 0.3) is 0 Å². The molecule has 0 bridgehead atoms. The van der Waals surface area contributed by atoms with Gasteiger partial charge in [-0.05, 0) is 0 Å². The van der Waals surface area contributed by atoms with Crippen LogP contribution in [0.15, 0.2) is 0 Å². The van der Waals surface area contributed by atoms with Gasteiger partial charge in [0.05, 0.1) is 0 Å². The molecule has 8 heteroatoms. The molecule has 0 fully saturated rings. The third-order valence-electron chi connectivity index (χ3n) is 2.98. The Morgan fingerprint density at radius 1 is 1.05 bits per heavy atom. The normalized spacial score (nSPS) is 18.3. The zero-order valence-electron chi connectivity index (χ0n) is 12.6. The molecule has 0 aliphatic carbocycles. The van der Waals surface area contributed by atoms with Gasteiger partial charge in [-0.2, -0.15) is 0 Å². The molecule has 0 unspecified atom stereocenters. The van der Waals surface area contributed by atoms with Crippen LogP contribution in [0.3, 0.4) is 0 Å². The third-order valence-corrected chi connectivity index (χ3v) is 7.18. The first-order valence-corrected chi connectivity index (χ1v) is 9.21. The number of rotatable bonds is 1. The van der Waals surface area contributed by atoms with E-state index in [1.165, 1.54) is 13.8 Å². The topological polar surface area (TPSA) is 35.5 Å². The van der Waals surface area contributed by atoms with Gasteiger partial charge in [0.25, 0.3) is 0 Å². The first-order chi connectivity index (χ1) is 9.88. The first-order valence-electron chi connectivity index (χ1n) is 6.37. The number of halogens is 5. The monoisotopic (exact) mass is 434 g/mol. The van der Waals surface area contributed by atoms with Gasteiger partial charge in [-0.15, -0.1) is 0 Å². The van der Waals surface area contributed by atoms with Crippen molar-refractivity contribution < 1.29 is 28.5 Å². The molecule has 124 valence electrons. The van der Waals surface area contributed by atoms with Crippen molar-refractivity contribution in [3.8, 4) is 0 Å². The molecular weight excluding hydrogens is 419 g/mol. The van der Waals surface area contributed by atoms with Crippen LogP contribution in [0.2, 0.25) is 0 Å². The Hall–Kier alpha value is -0.900. The molecule has 0 N–H and O–H groups in total. The van der Waals surface area contributed by atoms with E-state index in [0.717, 1.165) is 0 Å². The Morgan fingerprint density at radius 3 is 2.05 bits per heavy atom. The van der Waals surface area contributed by atoms with Crippen molar-refractivity contribution in [3.63, 3.8) is 0 Å². The fraction of sp³-hybridized carbons (Fsp3) is 0.500. The molecule has 0 saturated heterocycles. The zero-order valence-corrected chi connectivity index (χ0v) is 14.8. The molecule has 1 heterocycles. The molecule has 0 amide bonds. The second-order valence-corrected chi connectivity index (χ2v) is 9.56. The molecule has 22 heavy (non-hydrogen) atoms. The average molecular weight is 434 g/mol. The van der Waals surface area contributed by atoms with Crippen molar-refractivity contribution in [2.45, 2.75) is 40.2 Å². The van der Waals surface area contributed by atoms with E-state index in [9.17, 15) is 22.4 Å². The second kappa shape index (κ2) is 5.33. The SMILES string of the molecule is CC(C)(C)C(=O)OI1OC(C)(C)c2c(F)c(F)c(F)c(F)c21. The summed E-state index contributed by atoms with van der Waals surface area (Å²) in [4.78, 5) is 11.9.